The molecular formula is C16H22FIN4OS. The van der Waals surface area contributed by atoms with E-state index in [9.17, 15) is 4.39 Å². The predicted octanol–water partition coefficient (Wildman–Crippen LogP) is 3.42. The monoisotopic (exact) mass is 464 g/mol. The summed E-state index contributed by atoms with van der Waals surface area (Å²) >= 11 is 1.63. The van der Waals surface area contributed by atoms with Crippen LogP contribution in [-0.4, -0.2) is 37.0 Å². The zero-order chi connectivity index (χ0) is 16.8. The first kappa shape index (κ1) is 20.6. The molecule has 2 aromatic rings. The van der Waals surface area contributed by atoms with Crippen LogP contribution in [0.3, 0.4) is 0 Å². The highest BCUT2D eigenvalue weighted by atomic mass is 127. The number of aliphatic imine (C=N–C) groups is 1. The van der Waals surface area contributed by atoms with Crippen LogP contribution in [0, 0.1) is 12.7 Å². The van der Waals surface area contributed by atoms with Crippen molar-refractivity contribution in [1.82, 2.24) is 15.2 Å². The molecule has 0 aliphatic heterocycles. The molecule has 2 rings (SSSR count). The van der Waals surface area contributed by atoms with Crippen molar-refractivity contribution in [2.45, 2.75) is 20.0 Å². The summed E-state index contributed by atoms with van der Waals surface area (Å²) in [6.07, 6.45) is 0. The normalized spacial score (nSPS) is 11.0. The molecule has 0 atom stereocenters. The molecular weight excluding hydrogens is 442 g/mol. The van der Waals surface area contributed by atoms with Crippen LogP contribution in [0.25, 0.3) is 0 Å². The Kier molecular flexibility index (Phi) is 8.40. The summed E-state index contributed by atoms with van der Waals surface area (Å²) in [4.78, 5) is 10.7. The number of ether oxygens (including phenoxy) is 1. The molecule has 1 aromatic carbocycles. The van der Waals surface area contributed by atoms with Crippen molar-refractivity contribution >= 4 is 41.3 Å². The third kappa shape index (κ3) is 5.59. The molecule has 8 heteroatoms. The van der Waals surface area contributed by atoms with E-state index in [1.165, 1.54) is 13.2 Å². The zero-order valence-electron chi connectivity index (χ0n) is 14.2. The maximum absolute atomic E-state index is 13.7. The van der Waals surface area contributed by atoms with Gasteiger partial charge in [-0.05, 0) is 24.6 Å². The summed E-state index contributed by atoms with van der Waals surface area (Å²) in [7, 11) is 5.12. The molecule has 0 saturated carbocycles. The van der Waals surface area contributed by atoms with E-state index >= 15 is 0 Å². The average molecular weight is 464 g/mol. The van der Waals surface area contributed by atoms with Crippen molar-refractivity contribution in [3.05, 3.63) is 45.7 Å². The first-order valence-corrected chi connectivity index (χ1v) is 8.06. The molecule has 0 amide bonds. The van der Waals surface area contributed by atoms with Crippen molar-refractivity contribution in [3.63, 3.8) is 0 Å². The molecule has 5 nitrogen and oxygen atoms in total. The summed E-state index contributed by atoms with van der Waals surface area (Å²) < 4.78 is 18.6. The SMILES string of the molecule is CN=C(NCc1ccc(OC)c(F)c1)N(C)Cc1csc(C)n1.I. The smallest absolute Gasteiger partial charge is 0.194 e. The van der Waals surface area contributed by atoms with Crippen LogP contribution >= 0.6 is 35.3 Å². The number of rotatable bonds is 5. The van der Waals surface area contributed by atoms with Crippen molar-refractivity contribution in [1.29, 1.82) is 0 Å². The van der Waals surface area contributed by atoms with Crippen molar-refractivity contribution < 1.29 is 9.13 Å². The van der Waals surface area contributed by atoms with E-state index in [1.807, 2.05) is 30.3 Å². The van der Waals surface area contributed by atoms with E-state index in [4.69, 9.17) is 4.74 Å². The quantitative estimate of drug-likeness (QED) is 0.419. The number of nitrogens with zero attached hydrogens (tertiary/aromatic N) is 3. The van der Waals surface area contributed by atoms with Gasteiger partial charge in [0.15, 0.2) is 17.5 Å². The Balaban J connectivity index is 0.00000288. The number of benzene rings is 1. The maximum Gasteiger partial charge on any atom is 0.194 e. The van der Waals surface area contributed by atoms with Crippen molar-refractivity contribution in [3.8, 4) is 5.75 Å². The largest absolute Gasteiger partial charge is 0.494 e. The molecule has 0 bridgehead atoms. The van der Waals surface area contributed by atoms with Crippen LogP contribution in [0.2, 0.25) is 0 Å². The van der Waals surface area contributed by atoms with E-state index in [0.29, 0.717) is 13.1 Å². The zero-order valence-corrected chi connectivity index (χ0v) is 17.3. The Labute approximate surface area is 163 Å². The van der Waals surface area contributed by atoms with Crippen LogP contribution in [0.4, 0.5) is 4.39 Å². The Morgan fingerprint density at radius 3 is 2.75 bits per heavy atom. The van der Waals surface area contributed by atoms with Gasteiger partial charge in [-0.15, -0.1) is 35.3 Å². The van der Waals surface area contributed by atoms with Gasteiger partial charge < -0.3 is 15.0 Å². The lowest BCUT2D eigenvalue weighted by Crippen LogP contribution is -2.38. The van der Waals surface area contributed by atoms with Gasteiger partial charge in [0.2, 0.25) is 0 Å². The van der Waals surface area contributed by atoms with Gasteiger partial charge in [0.05, 0.1) is 24.4 Å². The minimum absolute atomic E-state index is 0. The lowest BCUT2D eigenvalue weighted by molar-refractivity contribution is 0.386. The second kappa shape index (κ2) is 9.77. The highest BCUT2D eigenvalue weighted by molar-refractivity contribution is 14.0. The van der Waals surface area contributed by atoms with Gasteiger partial charge >= 0.3 is 0 Å². The molecule has 24 heavy (non-hydrogen) atoms. The predicted molar refractivity (Wildman–Crippen MR) is 107 cm³/mol. The number of guanidine groups is 1. The van der Waals surface area contributed by atoms with Crippen LogP contribution in [-0.2, 0) is 13.1 Å². The van der Waals surface area contributed by atoms with Gasteiger partial charge in [0.1, 0.15) is 0 Å². The maximum atomic E-state index is 13.7. The fourth-order valence-electron chi connectivity index (χ4n) is 2.18. The molecule has 0 fully saturated rings. The van der Waals surface area contributed by atoms with Gasteiger partial charge in [-0.2, -0.15) is 0 Å². The van der Waals surface area contributed by atoms with E-state index in [2.05, 4.69) is 15.3 Å². The fraction of sp³-hybridized carbons (Fsp3) is 0.375. The van der Waals surface area contributed by atoms with Crippen molar-refractivity contribution in [2.75, 3.05) is 21.2 Å². The van der Waals surface area contributed by atoms with Crippen LogP contribution < -0.4 is 10.1 Å². The Hall–Kier alpha value is -1.42. The third-order valence-electron chi connectivity index (χ3n) is 3.31. The summed E-state index contributed by atoms with van der Waals surface area (Å²) in [5.74, 6) is 0.606. The molecule has 1 heterocycles. The first-order valence-electron chi connectivity index (χ1n) is 7.18. The van der Waals surface area contributed by atoms with Gasteiger partial charge in [0, 0.05) is 26.0 Å². The lowest BCUT2D eigenvalue weighted by Gasteiger charge is -2.21. The van der Waals surface area contributed by atoms with Gasteiger partial charge in [-0.3, -0.25) is 4.99 Å². The first-order chi connectivity index (χ1) is 11.0. The second-order valence-electron chi connectivity index (χ2n) is 5.08. The van der Waals surface area contributed by atoms with Crippen molar-refractivity contribution in [2.24, 2.45) is 4.99 Å². The Morgan fingerprint density at radius 2 is 2.21 bits per heavy atom. The number of aromatic nitrogens is 1. The minimum Gasteiger partial charge on any atom is -0.494 e. The minimum atomic E-state index is -0.368. The van der Waals surface area contributed by atoms with E-state index in [-0.39, 0.29) is 35.5 Å². The Bertz CT molecular complexity index is 692. The number of hydrogen-bond acceptors (Lipinski definition) is 4. The molecule has 0 radical (unpaired) electrons. The van der Waals surface area contributed by atoms with Gasteiger partial charge in [-0.25, -0.2) is 9.37 Å². The van der Waals surface area contributed by atoms with Crippen LogP contribution in [0.15, 0.2) is 28.6 Å². The molecule has 1 aromatic heterocycles. The second-order valence-corrected chi connectivity index (χ2v) is 6.15. The molecule has 0 aliphatic rings. The Morgan fingerprint density at radius 1 is 1.46 bits per heavy atom. The number of nitrogens with one attached hydrogen (secondary N) is 1. The third-order valence-corrected chi connectivity index (χ3v) is 4.13. The number of thiazole rings is 1. The highest BCUT2D eigenvalue weighted by Crippen LogP contribution is 2.17. The summed E-state index contributed by atoms with van der Waals surface area (Å²) in [6.45, 7) is 3.13. The molecule has 0 unspecified atom stereocenters. The molecule has 0 saturated heterocycles. The summed E-state index contributed by atoms with van der Waals surface area (Å²) in [6, 6.07) is 4.91. The number of halogens is 2. The highest BCUT2D eigenvalue weighted by Gasteiger charge is 2.09. The standard InChI is InChI=1S/C16H21FN4OS.HI/c1-11-20-13(10-23-11)9-21(3)16(18-2)19-8-12-5-6-15(22-4)14(17)7-12;/h5-7,10H,8-9H2,1-4H3,(H,18,19);1H. The number of hydrogen-bond donors (Lipinski definition) is 1. The van der Waals surface area contributed by atoms with Crippen LogP contribution in [0.5, 0.6) is 5.75 Å². The summed E-state index contributed by atoms with van der Waals surface area (Å²) in [5.41, 5.74) is 1.83. The average Bonchev–Trinajstić information content (AvgIpc) is 2.93. The van der Waals surface area contributed by atoms with Gasteiger partial charge in [0.25, 0.3) is 0 Å². The number of methoxy groups -OCH3 is 1. The molecule has 0 aliphatic carbocycles. The molecule has 1 N–H and O–H groups in total. The van der Waals surface area contributed by atoms with E-state index in [0.717, 1.165) is 22.2 Å². The molecule has 0 spiro atoms. The van der Waals surface area contributed by atoms with E-state index < -0.39 is 0 Å². The lowest BCUT2D eigenvalue weighted by atomic mass is 10.2. The number of aryl methyl sites for hydroxylation is 1. The fourth-order valence-corrected chi connectivity index (χ4v) is 2.79. The molecule has 132 valence electrons. The van der Waals surface area contributed by atoms with E-state index in [1.54, 1.807) is 24.5 Å². The van der Waals surface area contributed by atoms with Gasteiger partial charge in [-0.1, -0.05) is 6.07 Å². The summed E-state index contributed by atoms with van der Waals surface area (Å²) in [5, 5.41) is 6.31. The van der Waals surface area contributed by atoms with Crippen LogP contribution in [0.1, 0.15) is 16.3 Å². The topological polar surface area (TPSA) is 49.8 Å².